The Hall–Kier alpha value is -2.98. The molecule has 0 radical (unpaired) electrons. The van der Waals surface area contributed by atoms with E-state index in [2.05, 4.69) is 20.8 Å². The second kappa shape index (κ2) is 9.22. The number of hydrogen-bond donors (Lipinski definition) is 3. The van der Waals surface area contributed by atoms with E-state index in [0.29, 0.717) is 5.06 Å². The van der Waals surface area contributed by atoms with Crippen molar-refractivity contribution in [2.75, 3.05) is 19.6 Å². The lowest BCUT2D eigenvalue weighted by Gasteiger charge is -2.13. The SMILES string of the molecule is CCC(=O)NCC(=O)NCC(=O)NCC(=O)ON1C(=O)CCC1=O. The van der Waals surface area contributed by atoms with Crippen molar-refractivity contribution in [1.29, 1.82) is 0 Å². The number of carbonyl (C=O) groups excluding carboxylic acids is 6. The van der Waals surface area contributed by atoms with Gasteiger partial charge in [-0.05, 0) is 0 Å². The predicted octanol–water partition coefficient (Wildman–Crippen LogP) is -2.65. The zero-order chi connectivity index (χ0) is 18.1. The quantitative estimate of drug-likeness (QED) is 0.408. The molecule has 1 saturated heterocycles. The van der Waals surface area contributed by atoms with Crippen LogP contribution in [0.4, 0.5) is 0 Å². The van der Waals surface area contributed by atoms with Crippen LogP contribution in [0.25, 0.3) is 0 Å². The zero-order valence-corrected chi connectivity index (χ0v) is 13.0. The van der Waals surface area contributed by atoms with Crippen LogP contribution in [0.3, 0.4) is 0 Å². The zero-order valence-electron chi connectivity index (χ0n) is 13.0. The molecular weight excluding hydrogens is 324 g/mol. The summed E-state index contributed by atoms with van der Waals surface area (Å²) < 4.78 is 0. The molecule has 0 saturated carbocycles. The molecule has 11 heteroatoms. The molecule has 0 bridgehead atoms. The molecule has 5 amide bonds. The van der Waals surface area contributed by atoms with Gasteiger partial charge in [0.25, 0.3) is 11.8 Å². The highest BCUT2D eigenvalue weighted by Gasteiger charge is 2.32. The van der Waals surface area contributed by atoms with Crippen LogP contribution in [0.5, 0.6) is 0 Å². The lowest BCUT2D eigenvalue weighted by atomic mass is 10.4. The fourth-order valence-electron chi connectivity index (χ4n) is 1.57. The largest absolute Gasteiger partial charge is 0.352 e. The molecule has 0 aromatic heterocycles. The molecule has 1 aliphatic heterocycles. The molecule has 1 aliphatic rings. The second-order valence-electron chi connectivity index (χ2n) is 4.73. The van der Waals surface area contributed by atoms with Gasteiger partial charge in [0.15, 0.2) is 0 Å². The van der Waals surface area contributed by atoms with E-state index in [1.807, 2.05) is 0 Å². The van der Waals surface area contributed by atoms with E-state index in [1.165, 1.54) is 0 Å². The van der Waals surface area contributed by atoms with Gasteiger partial charge in [-0.15, -0.1) is 5.06 Å². The van der Waals surface area contributed by atoms with Crippen molar-refractivity contribution in [3.63, 3.8) is 0 Å². The van der Waals surface area contributed by atoms with Gasteiger partial charge in [-0.2, -0.15) is 0 Å². The molecular formula is C13H18N4O7. The summed E-state index contributed by atoms with van der Waals surface area (Å²) in [6.07, 6.45) is 0.177. The Kier molecular flexibility index (Phi) is 7.33. The molecule has 1 heterocycles. The van der Waals surface area contributed by atoms with Crippen molar-refractivity contribution >= 4 is 35.5 Å². The minimum Gasteiger partial charge on any atom is -0.347 e. The van der Waals surface area contributed by atoms with Gasteiger partial charge >= 0.3 is 5.97 Å². The third kappa shape index (κ3) is 6.42. The third-order valence-corrected chi connectivity index (χ3v) is 2.84. The molecule has 0 spiro atoms. The van der Waals surface area contributed by atoms with Crippen LogP contribution in [0.2, 0.25) is 0 Å². The molecule has 1 rings (SSSR count). The van der Waals surface area contributed by atoms with Crippen LogP contribution in [0, 0.1) is 0 Å². The van der Waals surface area contributed by atoms with Crippen LogP contribution in [0.15, 0.2) is 0 Å². The molecule has 1 fully saturated rings. The Labute approximate surface area is 137 Å². The monoisotopic (exact) mass is 342 g/mol. The number of carbonyl (C=O) groups is 6. The van der Waals surface area contributed by atoms with Gasteiger partial charge in [0, 0.05) is 19.3 Å². The van der Waals surface area contributed by atoms with Crippen LogP contribution < -0.4 is 16.0 Å². The van der Waals surface area contributed by atoms with E-state index >= 15 is 0 Å². The van der Waals surface area contributed by atoms with Gasteiger partial charge in [-0.1, -0.05) is 6.92 Å². The molecule has 0 atom stereocenters. The topological polar surface area (TPSA) is 151 Å². The van der Waals surface area contributed by atoms with Crippen LogP contribution in [-0.4, -0.2) is 60.2 Å². The lowest BCUT2D eigenvalue weighted by Crippen LogP contribution is -2.43. The van der Waals surface area contributed by atoms with Crippen LogP contribution in [-0.2, 0) is 33.6 Å². The molecule has 0 aliphatic carbocycles. The highest BCUT2D eigenvalue weighted by atomic mass is 16.7. The Bertz CT molecular complexity index is 545. The number of rotatable bonds is 8. The summed E-state index contributed by atoms with van der Waals surface area (Å²) in [4.78, 5) is 72.1. The van der Waals surface area contributed by atoms with E-state index in [-0.39, 0.29) is 31.7 Å². The summed E-state index contributed by atoms with van der Waals surface area (Å²) >= 11 is 0. The van der Waals surface area contributed by atoms with Gasteiger partial charge in [-0.3, -0.25) is 24.0 Å². The minimum atomic E-state index is -0.992. The Morgan fingerprint density at radius 2 is 1.33 bits per heavy atom. The number of amides is 5. The van der Waals surface area contributed by atoms with Crippen molar-refractivity contribution in [2.24, 2.45) is 0 Å². The molecule has 11 nitrogen and oxygen atoms in total. The third-order valence-electron chi connectivity index (χ3n) is 2.84. The van der Waals surface area contributed by atoms with Crippen molar-refractivity contribution in [1.82, 2.24) is 21.0 Å². The van der Waals surface area contributed by atoms with Gasteiger partial charge < -0.3 is 20.8 Å². The number of hydroxylamine groups is 2. The first-order chi connectivity index (χ1) is 11.3. The summed E-state index contributed by atoms with van der Waals surface area (Å²) in [7, 11) is 0. The molecule has 0 unspecified atom stereocenters. The average molecular weight is 342 g/mol. The van der Waals surface area contributed by atoms with Crippen molar-refractivity contribution < 1.29 is 33.6 Å². The van der Waals surface area contributed by atoms with E-state index in [0.717, 1.165) is 0 Å². The maximum Gasteiger partial charge on any atom is 0.352 e. The Morgan fingerprint density at radius 3 is 1.83 bits per heavy atom. The summed E-state index contributed by atoms with van der Waals surface area (Å²) in [5.41, 5.74) is 0. The summed E-state index contributed by atoms with van der Waals surface area (Å²) in [5, 5.41) is 7.09. The molecule has 132 valence electrons. The first kappa shape index (κ1) is 19.1. The van der Waals surface area contributed by atoms with Gasteiger partial charge in [0.2, 0.25) is 17.7 Å². The Balaban J connectivity index is 2.20. The lowest BCUT2D eigenvalue weighted by molar-refractivity contribution is -0.196. The number of imide groups is 1. The summed E-state index contributed by atoms with van der Waals surface area (Å²) in [5.74, 6) is -3.79. The number of nitrogens with zero attached hydrogens (tertiary/aromatic N) is 1. The summed E-state index contributed by atoms with van der Waals surface area (Å²) in [6.45, 7) is 0.387. The van der Waals surface area contributed by atoms with Gasteiger partial charge in [-0.25, -0.2) is 4.79 Å². The van der Waals surface area contributed by atoms with Crippen LogP contribution in [0.1, 0.15) is 26.2 Å². The van der Waals surface area contributed by atoms with Crippen LogP contribution >= 0.6 is 0 Å². The first-order valence-corrected chi connectivity index (χ1v) is 7.20. The molecule has 3 N–H and O–H groups in total. The highest BCUT2D eigenvalue weighted by molar-refractivity contribution is 6.01. The standard InChI is InChI=1S/C13H18N4O7/c1-2-8(18)14-5-9(19)15-6-10(20)16-7-13(23)24-17-11(21)3-4-12(17)22/h2-7H2,1H3,(H,14,18)(H,15,19)(H,16,20). The molecule has 0 aromatic carbocycles. The van der Waals surface area contributed by atoms with E-state index < -0.39 is 42.7 Å². The van der Waals surface area contributed by atoms with E-state index in [1.54, 1.807) is 6.92 Å². The number of nitrogens with one attached hydrogen (secondary N) is 3. The maximum absolute atomic E-state index is 11.4. The van der Waals surface area contributed by atoms with E-state index in [9.17, 15) is 28.8 Å². The first-order valence-electron chi connectivity index (χ1n) is 7.20. The minimum absolute atomic E-state index is 0.0287. The summed E-state index contributed by atoms with van der Waals surface area (Å²) in [6, 6.07) is 0. The van der Waals surface area contributed by atoms with Gasteiger partial charge in [0.1, 0.15) is 6.54 Å². The highest BCUT2D eigenvalue weighted by Crippen LogP contribution is 2.11. The van der Waals surface area contributed by atoms with Crippen molar-refractivity contribution in [3.05, 3.63) is 0 Å². The fraction of sp³-hybridized carbons (Fsp3) is 0.538. The Morgan fingerprint density at radius 1 is 0.875 bits per heavy atom. The fourth-order valence-corrected chi connectivity index (χ4v) is 1.57. The normalized spacial score (nSPS) is 13.5. The second-order valence-corrected chi connectivity index (χ2v) is 4.73. The average Bonchev–Trinajstić information content (AvgIpc) is 2.87. The molecule has 24 heavy (non-hydrogen) atoms. The molecule has 0 aromatic rings. The number of hydrogen-bond acceptors (Lipinski definition) is 7. The van der Waals surface area contributed by atoms with Gasteiger partial charge in [0.05, 0.1) is 13.1 Å². The smallest absolute Gasteiger partial charge is 0.347 e. The van der Waals surface area contributed by atoms with Crippen molar-refractivity contribution in [3.8, 4) is 0 Å². The van der Waals surface area contributed by atoms with E-state index in [4.69, 9.17) is 0 Å². The maximum atomic E-state index is 11.4. The predicted molar refractivity (Wildman–Crippen MR) is 76.5 cm³/mol. The van der Waals surface area contributed by atoms with Crippen molar-refractivity contribution in [2.45, 2.75) is 26.2 Å².